The van der Waals surface area contributed by atoms with Gasteiger partial charge in [0.2, 0.25) is 0 Å². The number of anilines is 1. The number of methoxy groups -OCH3 is 1. The van der Waals surface area contributed by atoms with E-state index in [4.69, 9.17) is 25.7 Å². The van der Waals surface area contributed by atoms with E-state index in [9.17, 15) is 22.8 Å². The molecule has 1 aliphatic rings. The van der Waals surface area contributed by atoms with Gasteiger partial charge < -0.3 is 31.0 Å². The lowest BCUT2D eigenvalue weighted by Crippen LogP contribution is -2.37. The van der Waals surface area contributed by atoms with Gasteiger partial charge >= 0.3 is 11.9 Å². The van der Waals surface area contributed by atoms with Crippen molar-refractivity contribution in [1.82, 2.24) is 5.32 Å². The van der Waals surface area contributed by atoms with Gasteiger partial charge in [-0.05, 0) is 19.1 Å². The normalized spacial score (nSPS) is 16.3. The quantitative estimate of drug-likeness (QED) is 0.297. The minimum absolute atomic E-state index is 0.0292. The van der Waals surface area contributed by atoms with Gasteiger partial charge in [-0.2, -0.15) is 0 Å². The highest BCUT2D eigenvalue weighted by Gasteiger charge is 2.42. The van der Waals surface area contributed by atoms with Crippen molar-refractivity contribution in [3.05, 3.63) is 51.9 Å². The minimum atomic E-state index is -1.70. The van der Waals surface area contributed by atoms with Crippen molar-refractivity contribution in [3.8, 4) is 0 Å². The Labute approximate surface area is 177 Å². The molecule has 0 bridgehead atoms. The molecule has 0 saturated carbocycles. The zero-order valence-electron chi connectivity index (χ0n) is 17.1. The first-order valence-corrected chi connectivity index (χ1v) is 9.37. The van der Waals surface area contributed by atoms with Gasteiger partial charge in [-0.1, -0.05) is 0 Å². The van der Waals surface area contributed by atoms with Crippen LogP contribution in [0.5, 0.6) is 0 Å². The van der Waals surface area contributed by atoms with E-state index in [1.54, 1.807) is 0 Å². The van der Waals surface area contributed by atoms with Crippen LogP contribution in [0.3, 0.4) is 0 Å². The standard InChI is InChI=1S/C20H24F3N3O5/c1-3-31-20(28)16-13(9-30-7-6-24)26-12(8-21)15(19(27)29-2)17(16)14-10(22)4-5-11(25)18(14)23/h4-5,17,26H,3,6-9,24-25H2,1-2H3. The molecule has 5 N–H and O–H groups in total. The Balaban J connectivity index is 2.85. The molecule has 1 aliphatic heterocycles. The number of allylic oxidation sites excluding steroid dienone is 1. The zero-order valence-corrected chi connectivity index (χ0v) is 17.1. The van der Waals surface area contributed by atoms with Crippen LogP contribution in [-0.2, 0) is 23.8 Å². The molecule has 0 amide bonds. The van der Waals surface area contributed by atoms with Crippen molar-refractivity contribution in [1.29, 1.82) is 0 Å². The number of hydrogen-bond donors (Lipinski definition) is 3. The number of nitrogens with one attached hydrogen (secondary N) is 1. The van der Waals surface area contributed by atoms with Crippen LogP contribution < -0.4 is 16.8 Å². The number of nitrogens with two attached hydrogens (primary N) is 2. The molecule has 1 atom stereocenters. The SMILES string of the molecule is CCOC(=O)C1=C(COCCN)NC(CF)=C(C(=O)OC)C1c1c(F)ccc(N)c1F. The van der Waals surface area contributed by atoms with Crippen molar-refractivity contribution >= 4 is 17.6 Å². The average Bonchev–Trinajstić information content (AvgIpc) is 2.75. The number of carbonyl (C=O) groups excluding carboxylic acids is 2. The number of hydrogen-bond acceptors (Lipinski definition) is 8. The fourth-order valence-corrected chi connectivity index (χ4v) is 3.23. The molecule has 0 fully saturated rings. The topological polar surface area (TPSA) is 126 Å². The molecular formula is C20H24F3N3O5. The summed E-state index contributed by atoms with van der Waals surface area (Å²) < 4.78 is 58.8. The second kappa shape index (κ2) is 10.8. The summed E-state index contributed by atoms with van der Waals surface area (Å²) in [6.45, 7) is 0.199. The summed E-state index contributed by atoms with van der Waals surface area (Å²) in [4.78, 5) is 25.4. The van der Waals surface area contributed by atoms with Crippen LogP contribution in [0.4, 0.5) is 18.9 Å². The van der Waals surface area contributed by atoms with Crippen LogP contribution in [0.25, 0.3) is 0 Å². The highest BCUT2D eigenvalue weighted by atomic mass is 19.1. The number of halogens is 3. The molecule has 1 heterocycles. The Morgan fingerprint density at radius 1 is 1.16 bits per heavy atom. The molecule has 8 nitrogen and oxygen atoms in total. The third-order valence-corrected chi connectivity index (χ3v) is 4.52. The van der Waals surface area contributed by atoms with E-state index >= 15 is 0 Å². The van der Waals surface area contributed by atoms with Gasteiger partial charge in [-0.3, -0.25) is 0 Å². The first-order chi connectivity index (χ1) is 14.8. The Morgan fingerprint density at radius 3 is 2.42 bits per heavy atom. The molecule has 0 aromatic heterocycles. The molecule has 2 rings (SSSR count). The average molecular weight is 443 g/mol. The maximum Gasteiger partial charge on any atom is 0.336 e. The third-order valence-electron chi connectivity index (χ3n) is 4.52. The number of esters is 2. The van der Waals surface area contributed by atoms with Gasteiger partial charge in [0, 0.05) is 12.1 Å². The van der Waals surface area contributed by atoms with Gasteiger partial charge in [0.1, 0.15) is 12.5 Å². The molecule has 31 heavy (non-hydrogen) atoms. The lowest BCUT2D eigenvalue weighted by atomic mass is 9.79. The molecule has 0 spiro atoms. The number of dihydropyridines is 1. The monoisotopic (exact) mass is 443 g/mol. The number of nitrogen functional groups attached to an aromatic ring is 1. The lowest BCUT2D eigenvalue weighted by Gasteiger charge is -2.32. The predicted octanol–water partition coefficient (Wildman–Crippen LogP) is 1.42. The van der Waals surface area contributed by atoms with E-state index in [2.05, 4.69) is 5.32 Å². The number of benzene rings is 1. The van der Waals surface area contributed by atoms with Crippen LogP contribution in [-0.4, -0.2) is 52.1 Å². The first kappa shape index (κ1) is 24.2. The van der Waals surface area contributed by atoms with Gasteiger partial charge in [-0.25, -0.2) is 22.8 Å². The van der Waals surface area contributed by atoms with Crippen LogP contribution in [0.1, 0.15) is 18.4 Å². The highest BCUT2D eigenvalue weighted by Crippen LogP contribution is 2.42. The Hall–Kier alpha value is -3.05. The van der Waals surface area contributed by atoms with Gasteiger partial charge in [0.25, 0.3) is 0 Å². The summed E-state index contributed by atoms with van der Waals surface area (Å²) in [7, 11) is 1.02. The maximum atomic E-state index is 15.0. The van der Waals surface area contributed by atoms with Crippen molar-refractivity contribution in [3.63, 3.8) is 0 Å². The Kier molecular flexibility index (Phi) is 8.46. The van der Waals surface area contributed by atoms with E-state index in [1.165, 1.54) is 6.92 Å². The Morgan fingerprint density at radius 2 is 1.84 bits per heavy atom. The summed E-state index contributed by atoms with van der Waals surface area (Å²) in [5, 5.41) is 2.61. The molecule has 0 saturated heterocycles. The summed E-state index contributed by atoms with van der Waals surface area (Å²) in [5.74, 6) is -6.06. The molecule has 1 unspecified atom stereocenters. The minimum Gasteiger partial charge on any atom is -0.466 e. The van der Waals surface area contributed by atoms with E-state index in [-0.39, 0.29) is 43.3 Å². The molecule has 0 aliphatic carbocycles. The first-order valence-electron chi connectivity index (χ1n) is 9.37. The number of ether oxygens (including phenoxy) is 3. The smallest absolute Gasteiger partial charge is 0.336 e. The van der Waals surface area contributed by atoms with E-state index < -0.39 is 53.0 Å². The second-order valence-electron chi connectivity index (χ2n) is 6.39. The number of rotatable bonds is 9. The number of alkyl halides is 1. The summed E-state index contributed by atoms with van der Waals surface area (Å²) >= 11 is 0. The second-order valence-corrected chi connectivity index (χ2v) is 6.39. The van der Waals surface area contributed by atoms with Crippen LogP contribution in [0, 0.1) is 11.6 Å². The van der Waals surface area contributed by atoms with Crippen molar-refractivity contribution in [2.75, 3.05) is 45.9 Å². The van der Waals surface area contributed by atoms with Gasteiger partial charge in [0.15, 0.2) is 5.82 Å². The molecular weight excluding hydrogens is 419 g/mol. The highest BCUT2D eigenvalue weighted by molar-refractivity contribution is 6.00. The fourth-order valence-electron chi connectivity index (χ4n) is 3.23. The zero-order chi connectivity index (χ0) is 23.1. The van der Waals surface area contributed by atoms with Crippen LogP contribution in [0.2, 0.25) is 0 Å². The molecule has 11 heteroatoms. The van der Waals surface area contributed by atoms with E-state index in [1.807, 2.05) is 0 Å². The molecule has 170 valence electrons. The van der Waals surface area contributed by atoms with Crippen LogP contribution in [0.15, 0.2) is 34.7 Å². The summed E-state index contributed by atoms with van der Waals surface area (Å²) in [6.07, 6.45) is 0. The summed E-state index contributed by atoms with van der Waals surface area (Å²) in [6, 6.07) is 1.87. The molecule has 1 aromatic carbocycles. The Bertz CT molecular complexity index is 918. The van der Waals surface area contributed by atoms with E-state index in [0.29, 0.717) is 0 Å². The van der Waals surface area contributed by atoms with E-state index in [0.717, 1.165) is 19.2 Å². The van der Waals surface area contributed by atoms with Gasteiger partial charge in [0.05, 0.1) is 61.1 Å². The lowest BCUT2D eigenvalue weighted by molar-refractivity contribution is -0.139. The fraction of sp³-hybridized carbons (Fsp3) is 0.400. The maximum absolute atomic E-state index is 15.0. The summed E-state index contributed by atoms with van der Waals surface area (Å²) in [5.41, 5.74) is 8.67. The van der Waals surface area contributed by atoms with Crippen molar-refractivity contribution in [2.24, 2.45) is 5.73 Å². The van der Waals surface area contributed by atoms with Crippen molar-refractivity contribution in [2.45, 2.75) is 12.8 Å². The molecule has 0 radical (unpaired) electrons. The molecule has 1 aromatic rings. The number of carbonyl (C=O) groups is 2. The predicted molar refractivity (Wildman–Crippen MR) is 105 cm³/mol. The van der Waals surface area contributed by atoms with Gasteiger partial charge in [-0.15, -0.1) is 0 Å². The van der Waals surface area contributed by atoms with Crippen molar-refractivity contribution < 1.29 is 37.0 Å². The largest absolute Gasteiger partial charge is 0.466 e. The van der Waals surface area contributed by atoms with Crippen LogP contribution >= 0.6 is 0 Å². The third kappa shape index (κ3) is 5.00.